The van der Waals surface area contributed by atoms with Gasteiger partial charge in [0, 0.05) is 47.7 Å². The van der Waals surface area contributed by atoms with Gasteiger partial charge in [-0.2, -0.15) is 11.3 Å². The van der Waals surface area contributed by atoms with E-state index in [0.717, 1.165) is 31.1 Å². The minimum absolute atomic E-state index is 0. The average Bonchev–Trinajstić information content (AvgIpc) is 3.03. The van der Waals surface area contributed by atoms with Gasteiger partial charge in [0.1, 0.15) is 5.01 Å². The lowest BCUT2D eigenvalue weighted by atomic mass is 9.80. The predicted molar refractivity (Wildman–Crippen MR) is 94.3 cm³/mol. The lowest BCUT2D eigenvalue weighted by molar-refractivity contribution is 0.0906. The zero-order valence-electron chi connectivity index (χ0n) is 12.4. The first kappa shape index (κ1) is 16.9. The highest BCUT2D eigenvalue weighted by Gasteiger charge is 2.33. The normalized spacial score (nSPS) is 22.0. The third kappa shape index (κ3) is 3.85. The molecule has 1 saturated heterocycles. The number of aromatic nitrogens is 1. The van der Waals surface area contributed by atoms with E-state index in [1.54, 1.807) is 11.3 Å². The number of halogens is 1. The number of likely N-dealkylation sites (tertiary alicyclic amines) is 1. The van der Waals surface area contributed by atoms with Gasteiger partial charge in [-0.15, -0.1) is 23.7 Å². The molecule has 3 nitrogen and oxygen atoms in total. The summed E-state index contributed by atoms with van der Waals surface area (Å²) in [5, 5.41) is 5.39. The Hall–Kier alpha value is -0.460. The van der Waals surface area contributed by atoms with Crippen LogP contribution in [0.5, 0.6) is 0 Å². The fourth-order valence-corrected chi connectivity index (χ4v) is 4.41. The van der Waals surface area contributed by atoms with Crippen molar-refractivity contribution in [2.45, 2.75) is 32.9 Å². The number of hydrogen-bond acceptors (Lipinski definition) is 5. The smallest absolute Gasteiger partial charge is 0.124 e. The lowest BCUT2D eigenvalue weighted by Crippen LogP contribution is -2.51. The number of piperidine rings is 1. The second-order valence-corrected chi connectivity index (χ2v) is 8.13. The van der Waals surface area contributed by atoms with Gasteiger partial charge >= 0.3 is 0 Å². The van der Waals surface area contributed by atoms with Gasteiger partial charge in [-0.25, -0.2) is 4.98 Å². The molecule has 1 aliphatic rings. The van der Waals surface area contributed by atoms with Crippen LogP contribution in [0, 0.1) is 5.41 Å². The van der Waals surface area contributed by atoms with Gasteiger partial charge in [0.15, 0.2) is 0 Å². The van der Waals surface area contributed by atoms with Crippen molar-refractivity contribution in [3.05, 3.63) is 27.9 Å². The van der Waals surface area contributed by atoms with Gasteiger partial charge in [0.05, 0.1) is 0 Å². The first-order chi connectivity index (χ1) is 9.54. The van der Waals surface area contributed by atoms with E-state index in [4.69, 9.17) is 5.73 Å². The molecule has 2 N–H and O–H groups in total. The Kier molecular flexibility index (Phi) is 5.43. The summed E-state index contributed by atoms with van der Waals surface area (Å²) in [4.78, 5) is 8.40. The molecule has 2 aromatic rings. The van der Waals surface area contributed by atoms with Crippen LogP contribution < -0.4 is 5.73 Å². The van der Waals surface area contributed by atoms with Crippen molar-refractivity contribution in [3.63, 3.8) is 0 Å². The molecule has 1 fully saturated rings. The summed E-state index contributed by atoms with van der Waals surface area (Å²) in [7, 11) is 0. The standard InChI is InChI=1S/C15H21N3S2.ClH/c1-15(2)10-18(5-3-13(15)16)8-12-7-17-14(20-12)11-4-6-19-9-11;/h4,6-7,9,13H,3,5,8,10,16H2,1-2H3;1H. The molecule has 3 rings (SSSR count). The largest absolute Gasteiger partial charge is 0.327 e. The topological polar surface area (TPSA) is 42.2 Å². The maximum atomic E-state index is 6.20. The molecular weight excluding hydrogens is 322 g/mol. The van der Waals surface area contributed by atoms with Crippen molar-refractivity contribution in [2.75, 3.05) is 13.1 Å². The van der Waals surface area contributed by atoms with E-state index >= 15 is 0 Å². The lowest BCUT2D eigenvalue weighted by Gasteiger charge is -2.42. The zero-order chi connectivity index (χ0) is 14.2. The summed E-state index contributed by atoms with van der Waals surface area (Å²) < 4.78 is 0. The molecule has 0 amide bonds. The van der Waals surface area contributed by atoms with E-state index in [1.807, 2.05) is 17.5 Å². The second kappa shape index (κ2) is 6.75. The van der Waals surface area contributed by atoms with E-state index in [9.17, 15) is 0 Å². The summed E-state index contributed by atoms with van der Waals surface area (Å²) in [5.41, 5.74) is 7.65. The number of nitrogens with two attached hydrogens (primary N) is 1. The Balaban J connectivity index is 0.00000161. The molecule has 0 bridgehead atoms. The predicted octanol–water partition coefficient (Wildman–Crippen LogP) is 3.85. The van der Waals surface area contributed by atoms with Gasteiger partial charge in [-0.3, -0.25) is 4.90 Å². The molecule has 1 unspecified atom stereocenters. The van der Waals surface area contributed by atoms with Crippen LogP contribution in [0.15, 0.2) is 23.0 Å². The Bertz CT molecular complexity index is 565. The molecule has 0 radical (unpaired) electrons. The van der Waals surface area contributed by atoms with Crippen LogP contribution in [0.1, 0.15) is 25.1 Å². The van der Waals surface area contributed by atoms with Crippen LogP contribution in [-0.2, 0) is 6.54 Å². The highest BCUT2D eigenvalue weighted by atomic mass is 35.5. The number of rotatable bonds is 3. The first-order valence-electron chi connectivity index (χ1n) is 7.00. The Morgan fingerprint density at radius 1 is 1.48 bits per heavy atom. The van der Waals surface area contributed by atoms with E-state index in [0.29, 0.717) is 6.04 Å². The number of hydrogen-bond donors (Lipinski definition) is 1. The maximum absolute atomic E-state index is 6.20. The SMILES string of the molecule is CC1(C)CN(Cc2cnc(-c3ccsc3)s2)CCC1N.Cl. The summed E-state index contributed by atoms with van der Waals surface area (Å²) in [6.07, 6.45) is 3.11. The third-order valence-corrected chi connectivity index (χ3v) is 5.81. The van der Waals surface area contributed by atoms with Crippen molar-refractivity contribution >= 4 is 35.1 Å². The molecule has 0 aliphatic carbocycles. The first-order valence-corrected chi connectivity index (χ1v) is 8.76. The molecule has 1 atom stereocenters. The monoisotopic (exact) mass is 343 g/mol. The van der Waals surface area contributed by atoms with Crippen molar-refractivity contribution in [3.8, 4) is 10.6 Å². The number of nitrogens with zero attached hydrogens (tertiary/aromatic N) is 2. The van der Waals surface area contributed by atoms with E-state index in [1.165, 1.54) is 10.4 Å². The molecule has 21 heavy (non-hydrogen) atoms. The van der Waals surface area contributed by atoms with Crippen LogP contribution in [0.4, 0.5) is 0 Å². The molecular formula is C15H22ClN3S2. The van der Waals surface area contributed by atoms with Crippen LogP contribution >= 0.6 is 35.1 Å². The fourth-order valence-electron chi connectivity index (χ4n) is 2.74. The van der Waals surface area contributed by atoms with Crippen molar-refractivity contribution in [1.29, 1.82) is 0 Å². The summed E-state index contributed by atoms with van der Waals surface area (Å²) in [5.74, 6) is 0. The Labute approximate surface area is 140 Å². The summed E-state index contributed by atoms with van der Waals surface area (Å²) in [6, 6.07) is 2.46. The fraction of sp³-hybridized carbons (Fsp3) is 0.533. The summed E-state index contributed by atoms with van der Waals surface area (Å²) >= 11 is 3.53. The van der Waals surface area contributed by atoms with E-state index < -0.39 is 0 Å². The Morgan fingerprint density at radius 3 is 2.95 bits per heavy atom. The molecule has 0 spiro atoms. The van der Waals surface area contributed by atoms with Crippen molar-refractivity contribution in [1.82, 2.24) is 9.88 Å². The van der Waals surface area contributed by atoms with Crippen LogP contribution in [0.3, 0.4) is 0 Å². The third-order valence-electron chi connectivity index (χ3n) is 4.09. The molecule has 3 heterocycles. The van der Waals surface area contributed by atoms with Crippen molar-refractivity contribution < 1.29 is 0 Å². The van der Waals surface area contributed by atoms with Crippen LogP contribution in [-0.4, -0.2) is 29.0 Å². The van der Waals surface area contributed by atoms with E-state index in [2.05, 4.69) is 40.6 Å². The molecule has 2 aromatic heterocycles. The van der Waals surface area contributed by atoms with Gasteiger partial charge < -0.3 is 5.73 Å². The molecule has 116 valence electrons. The molecule has 0 aromatic carbocycles. The zero-order valence-corrected chi connectivity index (χ0v) is 14.9. The Morgan fingerprint density at radius 2 is 2.29 bits per heavy atom. The maximum Gasteiger partial charge on any atom is 0.124 e. The second-order valence-electron chi connectivity index (χ2n) is 6.24. The highest BCUT2D eigenvalue weighted by Crippen LogP contribution is 2.31. The van der Waals surface area contributed by atoms with Crippen LogP contribution in [0.25, 0.3) is 10.6 Å². The van der Waals surface area contributed by atoms with Gasteiger partial charge in [0.2, 0.25) is 0 Å². The van der Waals surface area contributed by atoms with Crippen molar-refractivity contribution in [2.24, 2.45) is 11.1 Å². The van der Waals surface area contributed by atoms with Gasteiger partial charge in [-0.1, -0.05) is 13.8 Å². The summed E-state index contributed by atoms with van der Waals surface area (Å²) in [6.45, 7) is 7.70. The molecule has 1 aliphatic heterocycles. The quantitative estimate of drug-likeness (QED) is 0.920. The highest BCUT2D eigenvalue weighted by molar-refractivity contribution is 7.15. The van der Waals surface area contributed by atoms with Crippen LogP contribution in [0.2, 0.25) is 0 Å². The number of thiazole rings is 1. The number of thiophene rings is 1. The average molecular weight is 344 g/mol. The molecule has 0 saturated carbocycles. The van der Waals surface area contributed by atoms with Gasteiger partial charge in [-0.05, 0) is 23.3 Å². The van der Waals surface area contributed by atoms with E-state index in [-0.39, 0.29) is 17.8 Å². The minimum Gasteiger partial charge on any atom is -0.327 e. The molecule has 6 heteroatoms. The minimum atomic E-state index is 0. The van der Waals surface area contributed by atoms with Gasteiger partial charge in [0.25, 0.3) is 0 Å².